The summed E-state index contributed by atoms with van der Waals surface area (Å²) in [5.41, 5.74) is 0. The van der Waals surface area contributed by atoms with Gasteiger partial charge >= 0.3 is 0 Å². The van der Waals surface area contributed by atoms with Crippen LogP contribution in [0.1, 0.15) is 78.6 Å². The van der Waals surface area contributed by atoms with Crippen LogP contribution < -0.4 is 5.32 Å². The molecule has 3 atom stereocenters. The third-order valence-electron chi connectivity index (χ3n) is 5.23. The number of hydrogen-bond donors (Lipinski definition) is 1. The van der Waals surface area contributed by atoms with Crippen LogP contribution in [0.2, 0.25) is 0 Å². The number of rotatable bonds is 7. The number of nitrogens with zero attached hydrogens (tertiary/aromatic N) is 1. The lowest BCUT2D eigenvalue weighted by molar-refractivity contribution is -0.0149. The van der Waals surface area contributed by atoms with Crippen molar-refractivity contribution >= 4 is 0 Å². The summed E-state index contributed by atoms with van der Waals surface area (Å²) in [7, 11) is 0. The number of hydrogen-bond acceptors (Lipinski definition) is 2. The Balaban J connectivity index is 1.98. The molecular weight excluding hydrogens is 232 g/mol. The van der Waals surface area contributed by atoms with Gasteiger partial charge in [0, 0.05) is 24.2 Å². The van der Waals surface area contributed by atoms with Gasteiger partial charge in [-0.1, -0.05) is 33.6 Å². The molecule has 0 amide bonds. The topological polar surface area (TPSA) is 15.3 Å². The lowest BCUT2D eigenvalue weighted by atomic mass is 9.80. The van der Waals surface area contributed by atoms with E-state index >= 15 is 0 Å². The first-order valence-electron chi connectivity index (χ1n) is 8.80. The van der Waals surface area contributed by atoms with Crippen LogP contribution in [0.15, 0.2) is 0 Å². The molecule has 0 aromatic rings. The minimum atomic E-state index is 0.797. The predicted molar refractivity (Wildman–Crippen MR) is 83.6 cm³/mol. The van der Waals surface area contributed by atoms with E-state index in [0.717, 1.165) is 24.2 Å². The first kappa shape index (κ1) is 15.3. The van der Waals surface area contributed by atoms with Gasteiger partial charge in [0.15, 0.2) is 0 Å². The third kappa shape index (κ3) is 3.72. The quantitative estimate of drug-likeness (QED) is 0.750. The first-order chi connectivity index (χ1) is 9.30. The van der Waals surface area contributed by atoms with Gasteiger partial charge in [0.2, 0.25) is 0 Å². The van der Waals surface area contributed by atoms with Gasteiger partial charge in [0.05, 0.1) is 0 Å². The Morgan fingerprint density at radius 3 is 2.26 bits per heavy atom. The molecule has 2 aliphatic heterocycles. The van der Waals surface area contributed by atoms with Crippen LogP contribution in [0.4, 0.5) is 0 Å². The first-order valence-corrected chi connectivity index (χ1v) is 8.80. The van der Waals surface area contributed by atoms with E-state index < -0.39 is 0 Å². The molecule has 2 bridgehead atoms. The molecule has 3 unspecified atom stereocenters. The Morgan fingerprint density at radius 2 is 1.74 bits per heavy atom. The highest BCUT2D eigenvalue weighted by atomic mass is 15.2. The van der Waals surface area contributed by atoms with Crippen molar-refractivity contribution in [1.82, 2.24) is 10.2 Å². The van der Waals surface area contributed by atoms with Gasteiger partial charge in [-0.25, -0.2) is 0 Å². The van der Waals surface area contributed by atoms with Crippen LogP contribution in [0, 0.1) is 0 Å². The van der Waals surface area contributed by atoms with E-state index in [4.69, 9.17) is 0 Å². The fourth-order valence-electron chi connectivity index (χ4n) is 4.43. The zero-order valence-corrected chi connectivity index (χ0v) is 13.3. The molecule has 2 rings (SSSR count). The largest absolute Gasteiger partial charge is 0.314 e. The average molecular weight is 266 g/mol. The lowest BCUT2D eigenvalue weighted by Crippen LogP contribution is -2.59. The maximum Gasteiger partial charge on any atom is 0.0116 e. The van der Waals surface area contributed by atoms with Gasteiger partial charge in [0.25, 0.3) is 0 Å². The molecule has 0 spiro atoms. The van der Waals surface area contributed by atoms with Gasteiger partial charge in [-0.2, -0.15) is 0 Å². The Labute approximate surface area is 120 Å². The summed E-state index contributed by atoms with van der Waals surface area (Å²) in [6.07, 6.45) is 12.5. The van der Waals surface area contributed by atoms with Gasteiger partial charge < -0.3 is 5.32 Å². The average Bonchev–Trinajstić information content (AvgIpc) is 2.41. The van der Waals surface area contributed by atoms with Crippen LogP contribution in [-0.4, -0.2) is 35.6 Å². The summed E-state index contributed by atoms with van der Waals surface area (Å²) in [4.78, 5) is 2.94. The summed E-state index contributed by atoms with van der Waals surface area (Å²) in [5, 5.41) is 3.78. The maximum absolute atomic E-state index is 3.78. The highest BCUT2D eigenvalue weighted by molar-refractivity contribution is 4.97. The molecule has 2 heteroatoms. The van der Waals surface area contributed by atoms with E-state index in [1.807, 2.05) is 0 Å². The van der Waals surface area contributed by atoms with E-state index in [9.17, 15) is 0 Å². The van der Waals surface area contributed by atoms with E-state index in [0.29, 0.717) is 0 Å². The second kappa shape index (κ2) is 7.64. The summed E-state index contributed by atoms with van der Waals surface area (Å²) in [6.45, 7) is 8.21. The van der Waals surface area contributed by atoms with Crippen LogP contribution >= 0.6 is 0 Å². The zero-order valence-electron chi connectivity index (χ0n) is 13.3. The molecule has 0 saturated carbocycles. The van der Waals surface area contributed by atoms with Crippen molar-refractivity contribution in [3.05, 3.63) is 0 Å². The van der Waals surface area contributed by atoms with Crippen molar-refractivity contribution in [2.75, 3.05) is 6.54 Å². The fraction of sp³-hybridized carbons (Fsp3) is 1.00. The fourth-order valence-corrected chi connectivity index (χ4v) is 4.43. The van der Waals surface area contributed by atoms with E-state index in [1.54, 1.807) is 0 Å². The molecule has 2 nitrogen and oxygen atoms in total. The monoisotopic (exact) mass is 266 g/mol. The normalized spacial score (nSPS) is 33.3. The molecule has 2 fully saturated rings. The van der Waals surface area contributed by atoms with Gasteiger partial charge in [-0.3, -0.25) is 4.90 Å². The standard InChI is InChI=1S/C17H34N2/c1-4-8-15(6-3)19-16-9-7-10-17(19)13-14(12-16)18-11-5-2/h14-18H,4-13H2,1-3H3. The minimum absolute atomic E-state index is 0.797. The smallest absolute Gasteiger partial charge is 0.0116 e. The molecular formula is C17H34N2. The summed E-state index contributed by atoms with van der Waals surface area (Å²) >= 11 is 0. The summed E-state index contributed by atoms with van der Waals surface area (Å²) in [6, 6.07) is 3.40. The van der Waals surface area contributed by atoms with Crippen LogP contribution in [0.3, 0.4) is 0 Å². The number of nitrogens with one attached hydrogen (secondary N) is 1. The Hall–Kier alpha value is -0.0800. The Kier molecular flexibility index (Phi) is 6.15. The third-order valence-corrected chi connectivity index (χ3v) is 5.23. The lowest BCUT2D eigenvalue weighted by Gasteiger charge is -2.52. The predicted octanol–water partition coefficient (Wildman–Crippen LogP) is 3.95. The van der Waals surface area contributed by atoms with Gasteiger partial charge in [-0.05, 0) is 51.5 Å². The van der Waals surface area contributed by atoms with Crippen molar-refractivity contribution in [1.29, 1.82) is 0 Å². The number of piperidine rings is 2. The molecule has 19 heavy (non-hydrogen) atoms. The molecule has 0 aliphatic carbocycles. The van der Waals surface area contributed by atoms with Crippen LogP contribution in [0.25, 0.3) is 0 Å². The second-order valence-electron chi connectivity index (χ2n) is 6.66. The SMILES string of the molecule is CCCNC1CC2CCCC(C1)N2C(CC)CCC. The zero-order chi connectivity index (χ0) is 13.7. The summed E-state index contributed by atoms with van der Waals surface area (Å²) in [5.74, 6) is 0. The van der Waals surface area contributed by atoms with Gasteiger partial charge in [0.1, 0.15) is 0 Å². The highest BCUT2D eigenvalue weighted by Gasteiger charge is 2.40. The summed E-state index contributed by atoms with van der Waals surface area (Å²) < 4.78 is 0. The Morgan fingerprint density at radius 1 is 1.05 bits per heavy atom. The van der Waals surface area contributed by atoms with Gasteiger partial charge in [-0.15, -0.1) is 0 Å². The molecule has 2 saturated heterocycles. The van der Waals surface area contributed by atoms with Crippen molar-refractivity contribution < 1.29 is 0 Å². The molecule has 112 valence electrons. The molecule has 1 N–H and O–H groups in total. The van der Waals surface area contributed by atoms with Crippen LogP contribution in [-0.2, 0) is 0 Å². The molecule has 2 heterocycles. The molecule has 0 aromatic carbocycles. The van der Waals surface area contributed by atoms with Crippen LogP contribution in [0.5, 0.6) is 0 Å². The Bertz CT molecular complexity index is 240. The minimum Gasteiger partial charge on any atom is -0.314 e. The van der Waals surface area contributed by atoms with E-state index in [2.05, 4.69) is 31.0 Å². The van der Waals surface area contributed by atoms with Crippen molar-refractivity contribution in [3.8, 4) is 0 Å². The molecule has 0 radical (unpaired) electrons. The van der Waals surface area contributed by atoms with Crippen molar-refractivity contribution in [2.24, 2.45) is 0 Å². The van der Waals surface area contributed by atoms with E-state index in [-0.39, 0.29) is 0 Å². The highest BCUT2D eigenvalue weighted by Crippen LogP contribution is 2.37. The maximum atomic E-state index is 3.78. The number of fused-ring (bicyclic) bond motifs is 2. The van der Waals surface area contributed by atoms with Crippen molar-refractivity contribution in [3.63, 3.8) is 0 Å². The van der Waals surface area contributed by atoms with Crippen molar-refractivity contribution in [2.45, 2.75) is 103 Å². The molecule has 2 aliphatic rings. The molecule has 0 aromatic heterocycles. The second-order valence-corrected chi connectivity index (χ2v) is 6.66. The van der Waals surface area contributed by atoms with E-state index in [1.165, 1.54) is 64.3 Å².